The SMILES string of the molecule is C=C/C(=C\C(C#N)=C/C)C(=O)NC=Nc1cc(C(=O)N2CCCCC2)cnc1N(C)C1CCOC1. The molecule has 9 heteroatoms. The van der Waals surface area contributed by atoms with Gasteiger partial charge >= 0.3 is 0 Å². The standard InChI is InChI=1S/C26H32N6O3/c1-4-19(15-27)13-20(5-2)25(33)30-18-29-23-14-21(26(34)32-10-7-6-8-11-32)16-28-24(23)31(3)22-9-12-35-17-22/h4-5,13-14,16,18,22H,2,6-12,17H2,1,3H3,(H,29,30,33)/b19-4+,20-13+. The number of hydrogen-bond acceptors (Lipinski definition) is 7. The third-order valence-electron chi connectivity index (χ3n) is 6.16. The molecule has 1 aromatic rings. The third-order valence-corrected chi connectivity index (χ3v) is 6.16. The third kappa shape index (κ3) is 6.64. The Hall–Kier alpha value is -3.77. The van der Waals surface area contributed by atoms with E-state index in [2.05, 4.69) is 21.9 Å². The van der Waals surface area contributed by atoms with E-state index in [9.17, 15) is 9.59 Å². The highest BCUT2D eigenvalue weighted by Crippen LogP contribution is 2.30. The highest BCUT2D eigenvalue weighted by Gasteiger charge is 2.25. The fraction of sp³-hybridized carbons (Fsp3) is 0.423. The quantitative estimate of drug-likeness (QED) is 0.203. The number of carbonyl (C=O) groups excluding carboxylic acids is 2. The molecule has 1 atom stereocenters. The maximum Gasteiger partial charge on any atom is 0.256 e. The number of aromatic nitrogens is 1. The fourth-order valence-corrected chi connectivity index (χ4v) is 4.02. The fourth-order valence-electron chi connectivity index (χ4n) is 4.02. The van der Waals surface area contributed by atoms with E-state index in [0.29, 0.717) is 35.9 Å². The smallest absolute Gasteiger partial charge is 0.256 e. The van der Waals surface area contributed by atoms with E-state index < -0.39 is 5.91 Å². The number of anilines is 1. The van der Waals surface area contributed by atoms with Crippen LogP contribution >= 0.6 is 0 Å². The lowest BCUT2D eigenvalue weighted by molar-refractivity contribution is -0.115. The molecule has 0 saturated carbocycles. The summed E-state index contributed by atoms with van der Waals surface area (Å²) in [6.45, 7) is 8.11. The van der Waals surface area contributed by atoms with Gasteiger partial charge in [-0.3, -0.25) is 9.59 Å². The first kappa shape index (κ1) is 25.8. The second-order valence-electron chi connectivity index (χ2n) is 8.44. The first-order valence-corrected chi connectivity index (χ1v) is 11.8. The normalized spacial score (nSPS) is 18.9. The number of likely N-dealkylation sites (N-methyl/N-ethyl adjacent to an activating group) is 1. The van der Waals surface area contributed by atoms with Gasteiger partial charge in [-0.2, -0.15) is 5.26 Å². The van der Waals surface area contributed by atoms with Crippen LogP contribution in [0.25, 0.3) is 0 Å². The van der Waals surface area contributed by atoms with Crippen LogP contribution in [0.2, 0.25) is 0 Å². The van der Waals surface area contributed by atoms with Crippen molar-refractivity contribution in [1.82, 2.24) is 15.2 Å². The Morgan fingerprint density at radius 1 is 1.37 bits per heavy atom. The van der Waals surface area contributed by atoms with Gasteiger partial charge in [0, 0.05) is 44.1 Å². The minimum atomic E-state index is -0.453. The number of pyridine rings is 1. The summed E-state index contributed by atoms with van der Waals surface area (Å²) in [5, 5.41) is 11.7. The molecule has 3 rings (SSSR count). The van der Waals surface area contributed by atoms with Crippen molar-refractivity contribution in [2.45, 2.75) is 38.6 Å². The largest absolute Gasteiger partial charge is 0.379 e. The number of hydrogen-bond donors (Lipinski definition) is 1. The van der Waals surface area contributed by atoms with Gasteiger partial charge in [0.2, 0.25) is 0 Å². The van der Waals surface area contributed by atoms with Crippen molar-refractivity contribution >= 4 is 29.7 Å². The molecule has 2 aliphatic heterocycles. The van der Waals surface area contributed by atoms with E-state index >= 15 is 0 Å². The van der Waals surface area contributed by atoms with Gasteiger partial charge in [-0.25, -0.2) is 9.98 Å². The van der Waals surface area contributed by atoms with Crippen molar-refractivity contribution in [3.8, 4) is 6.07 Å². The van der Waals surface area contributed by atoms with Crippen molar-refractivity contribution in [2.24, 2.45) is 4.99 Å². The van der Waals surface area contributed by atoms with Crippen molar-refractivity contribution in [3.63, 3.8) is 0 Å². The predicted molar refractivity (Wildman–Crippen MR) is 136 cm³/mol. The lowest BCUT2D eigenvalue weighted by atomic mass is 10.1. The van der Waals surface area contributed by atoms with E-state index in [1.54, 1.807) is 25.3 Å². The minimum absolute atomic E-state index is 0.0663. The van der Waals surface area contributed by atoms with Crippen LogP contribution in [0, 0.1) is 11.3 Å². The van der Waals surface area contributed by atoms with Gasteiger partial charge in [-0.05, 0) is 44.7 Å². The van der Waals surface area contributed by atoms with Gasteiger partial charge in [0.25, 0.3) is 11.8 Å². The number of rotatable bonds is 8. The molecule has 184 valence electrons. The molecule has 3 heterocycles. The minimum Gasteiger partial charge on any atom is -0.379 e. The molecular weight excluding hydrogens is 444 g/mol. The number of nitrogens with zero attached hydrogens (tertiary/aromatic N) is 5. The molecule has 2 fully saturated rings. The van der Waals surface area contributed by atoms with Crippen LogP contribution in [-0.4, -0.2) is 67.4 Å². The lowest BCUT2D eigenvalue weighted by Crippen LogP contribution is -2.36. The summed E-state index contributed by atoms with van der Waals surface area (Å²) in [6, 6.07) is 3.87. The second kappa shape index (κ2) is 12.6. The molecule has 0 bridgehead atoms. The molecule has 1 aromatic heterocycles. The molecule has 1 unspecified atom stereocenters. The maximum atomic E-state index is 13.0. The number of nitrogens with one attached hydrogen (secondary N) is 1. The zero-order chi connectivity index (χ0) is 25.2. The average molecular weight is 477 g/mol. The van der Waals surface area contributed by atoms with E-state index in [-0.39, 0.29) is 17.5 Å². The lowest BCUT2D eigenvalue weighted by Gasteiger charge is -2.28. The molecule has 0 radical (unpaired) electrons. The Morgan fingerprint density at radius 3 is 2.77 bits per heavy atom. The zero-order valence-electron chi connectivity index (χ0n) is 20.4. The van der Waals surface area contributed by atoms with Crippen molar-refractivity contribution < 1.29 is 14.3 Å². The molecule has 2 aliphatic rings. The first-order valence-electron chi connectivity index (χ1n) is 11.8. The van der Waals surface area contributed by atoms with Gasteiger partial charge in [0.15, 0.2) is 5.82 Å². The highest BCUT2D eigenvalue weighted by molar-refractivity contribution is 6.03. The summed E-state index contributed by atoms with van der Waals surface area (Å²) in [5.41, 5.74) is 1.52. The van der Waals surface area contributed by atoms with Gasteiger partial charge in [0.05, 0.1) is 30.6 Å². The van der Waals surface area contributed by atoms with Crippen LogP contribution in [0.15, 0.2) is 53.2 Å². The van der Waals surface area contributed by atoms with Gasteiger partial charge in [0.1, 0.15) is 5.69 Å². The van der Waals surface area contributed by atoms with Crippen molar-refractivity contribution in [2.75, 3.05) is 38.3 Å². The number of aliphatic imine (C=N–C) groups is 1. The Kier molecular flexibility index (Phi) is 9.32. The molecule has 2 saturated heterocycles. The Balaban J connectivity index is 1.85. The molecule has 35 heavy (non-hydrogen) atoms. The second-order valence-corrected chi connectivity index (χ2v) is 8.44. The van der Waals surface area contributed by atoms with Crippen LogP contribution in [0.3, 0.4) is 0 Å². The number of piperidine rings is 1. The number of ether oxygens (including phenoxy) is 1. The first-order chi connectivity index (χ1) is 17.0. The molecule has 9 nitrogen and oxygen atoms in total. The molecule has 2 amide bonds. The molecular formula is C26H32N6O3. The number of carbonyl (C=O) groups is 2. The topological polar surface area (TPSA) is 111 Å². The number of amides is 2. The number of likely N-dealkylation sites (tertiary alicyclic amines) is 1. The highest BCUT2D eigenvalue weighted by atomic mass is 16.5. The van der Waals surface area contributed by atoms with Crippen molar-refractivity contribution in [3.05, 3.63) is 53.8 Å². The van der Waals surface area contributed by atoms with Gasteiger partial charge < -0.3 is 19.9 Å². The van der Waals surface area contributed by atoms with Crippen molar-refractivity contribution in [1.29, 1.82) is 5.26 Å². The average Bonchev–Trinajstić information content (AvgIpc) is 3.44. The van der Waals surface area contributed by atoms with Crippen LogP contribution < -0.4 is 10.2 Å². The Bertz CT molecular complexity index is 1070. The molecule has 0 aliphatic carbocycles. The Labute approximate surface area is 206 Å². The van der Waals surface area contributed by atoms with Gasteiger partial charge in [-0.15, -0.1) is 0 Å². The summed E-state index contributed by atoms with van der Waals surface area (Å²) in [6.07, 6.45) is 11.3. The molecule has 0 spiro atoms. The number of allylic oxidation sites excluding steroid dienone is 3. The number of nitriles is 1. The zero-order valence-corrected chi connectivity index (χ0v) is 20.4. The summed E-state index contributed by atoms with van der Waals surface area (Å²) in [5.74, 6) is 0.0793. The van der Waals surface area contributed by atoms with Gasteiger partial charge in [-0.1, -0.05) is 18.7 Å². The summed E-state index contributed by atoms with van der Waals surface area (Å²) < 4.78 is 5.51. The summed E-state index contributed by atoms with van der Waals surface area (Å²) in [7, 11) is 1.92. The summed E-state index contributed by atoms with van der Waals surface area (Å²) in [4.78, 5) is 38.5. The maximum absolute atomic E-state index is 13.0. The molecule has 1 N–H and O–H groups in total. The predicted octanol–water partition coefficient (Wildman–Crippen LogP) is 3.29. The monoisotopic (exact) mass is 476 g/mol. The summed E-state index contributed by atoms with van der Waals surface area (Å²) >= 11 is 0. The van der Waals surface area contributed by atoms with Crippen LogP contribution in [0.5, 0.6) is 0 Å². The van der Waals surface area contributed by atoms with E-state index in [0.717, 1.165) is 38.8 Å². The molecule has 0 aromatic carbocycles. The van der Waals surface area contributed by atoms with E-state index in [4.69, 9.17) is 10.00 Å². The van der Waals surface area contributed by atoms with E-state index in [1.165, 1.54) is 18.5 Å². The van der Waals surface area contributed by atoms with Crippen LogP contribution in [-0.2, 0) is 9.53 Å². The van der Waals surface area contributed by atoms with Crippen LogP contribution in [0.1, 0.15) is 43.0 Å². The van der Waals surface area contributed by atoms with Crippen LogP contribution in [0.4, 0.5) is 11.5 Å². The Morgan fingerprint density at radius 2 is 2.14 bits per heavy atom. The van der Waals surface area contributed by atoms with E-state index in [1.807, 2.05) is 22.9 Å².